The zero-order chi connectivity index (χ0) is 13.8. The maximum absolute atomic E-state index is 11.9. The second-order valence-corrected chi connectivity index (χ2v) is 4.25. The first kappa shape index (κ1) is 13.1. The van der Waals surface area contributed by atoms with Gasteiger partial charge in [-0.15, -0.1) is 0 Å². The number of nitrogens with zero attached hydrogens (tertiary/aromatic N) is 2. The van der Waals surface area contributed by atoms with Crippen molar-refractivity contribution in [1.29, 1.82) is 0 Å². The monoisotopic (exact) mass is 260 g/mol. The van der Waals surface area contributed by atoms with E-state index in [1.165, 1.54) is 23.9 Å². The lowest BCUT2D eigenvalue weighted by molar-refractivity contribution is 0.408. The topological polar surface area (TPSA) is 53.2 Å². The molecule has 1 aromatic carbocycles. The van der Waals surface area contributed by atoms with Gasteiger partial charge in [0.1, 0.15) is 5.75 Å². The van der Waals surface area contributed by atoms with Gasteiger partial charge in [0.05, 0.1) is 7.11 Å². The van der Waals surface area contributed by atoms with Crippen LogP contribution in [0.4, 0.5) is 0 Å². The molecule has 0 bridgehead atoms. The maximum Gasteiger partial charge on any atom is 0.330 e. The molecule has 5 nitrogen and oxygen atoms in total. The quantitative estimate of drug-likeness (QED) is 0.817. The first-order valence-electron chi connectivity index (χ1n) is 6.02. The molecule has 0 saturated carbocycles. The number of ether oxygens (including phenoxy) is 1. The van der Waals surface area contributed by atoms with Gasteiger partial charge in [0.2, 0.25) is 0 Å². The molecule has 1 aromatic heterocycles. The van der Waals surface area contributed by atoms with Gasteiger partial charge < -0.3 is 9.30 Å². The van der Waals surface area contributed by atoms with Crippen molar-refractivity contribution in [2.75, 3.05) is 7.11 Å². The molecule has 0 aliphatic carbocycles. The molecule has 5 heteroatoms. The summed E-state index contributed by atoms with van der Waals surface area (Å²) >= 11 is 0. The van der Waals surface area contributed by atoms with Crippen molar-refractivity contribution in [3.8, 4) is 5.75 Å². The fourth-order valence-electron chi connectivity index (χ4n) is 1.94. The van der Waals surface area contributed by atoms with E-state index < -0.39 is 0 Å². The van der Waals surface area contributed by atoms with Crippen molar-refractivity contribution < 1.29 is 4.74 Å². The minimum absolute atomic E-state index is 0.293. The summed E-state index contributed by atoms with van der Waals surface area (Å²) < 4.78 is 7.89. The molecule has 0 N–H and O–H groups in total. The predicted molar refractivity (Wildman–Crippen MR) is 72.6 cm³/mol. The van der Waals surface area contributed by atoms with E-state index in [1.54, 1.807) is 7.11 Å². The average Bonchev–Trinajstić information content (AvgIpc) is 2.44. The second kappa shape index (κ2) is 5.56. The minimum Gasteiger partial charge on any atom is -0.496 e. The number of hydrogen-bond donors (Lipinski definition) is 0. The third-order valence-electron chi connectivity index (χ3n) is 3.07. The summed E-state index contributed by atoms with van der Waals surface area (Å²) in [5, 5.41) is 0. The molecule has 0 atom stereocenters. The smallest absolute Gasteiger partial charge is 0.330 e. The Morgan fingerprint density at radius 1 is 1.16 bits per heavy atom. The van der Waals surface area contributed by atoms with Gasteiger partial charge in [0.25, 0.3) is 5.56 Å². The summed E-state index contributed by atoms with van der Waals surface area (Å²) in [6.07, 6.45) is 2.20. The van der Waals surface area contributed by atoms with Gasteiger partial charge in [-0.1, -0.05) is 18.2 Å². The largest absolute Gasteiger partial charge is 0.496 e. The van der Waals surface area contributed by atoms with Crippen molar-refractivity contribution in [2.24, 2.45) is 7.05 Å². The summed E-state index contributed by atoms with van der Waals surface area (Å²) in [5.74, 6) is 0.806. The number of benzene rings is 1. The van der Waals surface area contributed by atoms with Crippen molar-refractivity contribution in [3.63, 3.8) is 0 Å². The fourth-order valence-corrected chi connectivity index (χ4v) is 1.94. The molecule has 2 aromatic rings. The third kappa shape index (κ3) is 2.76. The Labute approximate surface area is 110 Å². The van der Waals surface area contributed by atoms with Crippen molar-refractivity contribution in [3.05, 3.63) is 62.9 Å². The Morgan fingerprint density at radius 3 is 2.63 bits per heavy atom. The number of para-hydroxylation sites is 1. The Morgan fingerprint density at radius 2 is 1.89 bits per heavy atom. The maximum atomic E-state index is 11.9. The van der Waals surface area contributed by atoms with E-state index in [0.29, 0.717) is 13.0 Å². The van der Waals surface area contributed by atoms with E-state index >= 15 is 0 Å². The molecule has 0 fully saturated rings. The van der Waals surface area contributed by atoms with Crippen LogP contribution in [0.15, 0.2) is 46.1 Å². The molecule has 1 heterocycles. The summed E-state index contributed by atoms with van der Waals surface area (Å²) in [4.78, 5) is 23.2. The molecule has 0 saturated heterocycles. The lowest BCUT2D eigenvalue weighted by atomic mass is 10.1. The standard InChI is InChI=1S/C14H16N2O3/c1-15-13(17)8-10-16(14(15)18)9-7-11-5-3-4-6-12(11)19-2/h3-6,8,10H,7,9H2,1-2H3. The van der Waals surface area contributed by atoms with Gasteiger partial charge in [-0.3, -0.25) is 9.36 Å². The van der Waals surface area contributed by atoms with Gasteiger partial charge in [0, 0.05) is 25.9 Å². The molecule has 19 heavy (non-hydrogen) atoms. The Bertz CT molecular complexity index is 686. The van der Waals surface area contributed by atoms with Gasteiger partial charge in [-0.05, 0) is 18.1 Å². The summed E-state index contributed by atoms with van der Waals surface area (Å²) in [7, 11) is 3.10. The summed E-state index contributed by atoms with van der Waals surface area (Å²) in [6, 6.07) is 9.08. The number of aromatic nitrogens is 2. The van der Waals surface area contributed by atoms with Crippen LogP contribution < -0.4 is 16.0 Å². The van der Waals surface area contributed by atoms with E-state index in [-0.39, 0.29) is 11.2 Å². The Hall–Kier alpha value is -2.30. The van der Waals surface area contributed by atoms with Crippen LogP contribution in [0.2, 0.25) is 0 Å². The first-order chi connectivity index (χ1) is 9.13. The predicted octanol–water partition coefficient (Wildman–Crippen LogP) is 0.798. The second-order valence-electron chi connectivity index (χ2n) is 4.25. The Kier molecular flexibility index (Phi) is 3.85. The number of hydrogen-bond acceptors (Lipinski definition) is 3. The van der Waals surface area contributed by atoms with Crippen LogP contribution in [-0.2, 0) is 20.0 Å². The lowest BCUT2D eigenvalue weighted by Gasteiger charge is -2.10. The molecule has 0 radical (unpaired) electrons. The minimum atomic E-state index is -0.303. The molecule has 0 spiro atoms. The fraction of sp³-hybridized carbons (Fsp3) is 0.286. The van der Waals surface area contributed by atoms with Crippen molar-refractivity contribution in [2.45, 2.75) is 13.0 Å². The number of methoxy groups -OCH3 is 1. The van der Waals surface area contributed by atoms with E-state index in [9.17, 15) is 9.59 Å². The van der Waals surface area contributed by atoms with E-state index in [4.69, 9.17) is 4.74 Å². The van der Waals surface area contributed by atoms with Gasteiger partial charge in [-0.25, -0.2) is 4.79 Å². The number of aryl methyl sites for hydroxylation is 2. The molecule has 100 valence electrons. The first-order valence-corrected chi connectivity index (χ1v) is 6.02. The zero-order valence-corrected chi connectivity index (χ0v) is 11.0. The summed E-state index contributed by atoms with van der Waals surface area (Å²) in [5.41, 5.74) is 0.437. The van der Waals surface area contributed by atoms with Crippen LogP contribution >= 0.6 is 0 Å². The van der Waals surface area contributed by atoms with Crippen LogP contribution in [-0.4, -0.2) is 16.2 Å². The summed E-state index contributed by atoms with van der Waals surface area (Å²) in [6.45, 7) is 0.507. The molecule has 0 unspecified atom stereocenters. The van der Waals surface area contributed by atoms with Crippen LogP contribution in [0.3, 0.4) is 0 Å². The molecule has 2 rings (SSSR count). The highest BCUT2D eigenvalue weighted by Gasteiger charge is 2.04. The zero-order valence-electron chi connectivity index (χ0n) is 11.0. The normalized spacial score (nSPS) is 10.4. The van der Waals surface area contributed by atoms with E-state index in [1.807, 2.05) is 24.3 Å². The van der Waals surface area contributed by atoms with Gasteiger partial charge in [-0.2, -0.15) is 0 Å². The van der Waals surface area contributed by atoms with Crippen LogP contribution in [0.1, 0.15) is 5.56 Å². The molecule has 0 amide bonds. The molecule has 0 aliphatic heterocycles. The lowest BCUT2D eigenvalue weighted by Crippen LogP contribution is -2.37. The van der Waals surface area contributed by atoms with Crippen molar-refractivity contribution >= 4 is 0 Å². The Balaban J connectivity index is 2.22. The molecular weight excluding hydrogens is 244 g/mol. The van der Waals surface area contributed by atoms with Crippen LogP contribution in [0, 0.1) is 0 Å². The average molecular weight is 260 g/mol. The highest BCUT2D eigenvalue weighted by Crippen LogP contribution is 2.17. The highest BCUT2D eigenvalue weighted by molar-refractivity contribution is 5.33. The van der Waals surface area contributed by atoms with E-state index in [2.05, 4.69) is 0 Å². The highest BCUT2D eigenvalue weighted by atomic mass is 16.5. The van der Waals surface area contributed by atoms with Crippen molar-refractivity contribution in [1.82, 2.24) is 9.13 Å². The molecule has 0 aliphatic rings. The number of rotatable bonds is 4. The third-order valence-corrected chi connectivity index (χ3v) is 3.07. The van der Waals surface area contributed by atoms with Crippen LogP contribution in [0.25, 0.3) is 0 Å². The molecular formula is C14H16N2O3. The van der Waals surface area contributed by atoms with Crippen LogP contribution in [0.5, 0.6) is 5.75 Å². The SMILES string of the molecule is COc1ccccc1CCn1ccc(=O)n(C)c1=O. The van der Waals surface area contributed by atoms with Gasteiger partial charge in [0.15, 0.2) is 0 Å². The van der Waals surface area contributed by atoms with E-state index in [0.717, 1.165) is 15.9 Å². The van der Waals surface area contributed by atoms with Gasteiger partial charge >= 0.3 is 5.69 Å².